The van der Waals surface area contributed by atoms with E-state index in [1.807, 2.05) is 0 Å². The summed E-state index contributed by atoms with van der Waals surface area (Å²) in [5, 5.41) is 7.89. The van der Waals surface area contributed by atoms with Crippen LogP contribution < -0.4 is 10.5 Å². The van der Waals surface area contributed by atoms with Crippen molar-refractivity contribution in [1.82, 2.24) is 4.90 Å². The molecule has 1 saturated carbocycles. The van der Waals surface area contributed by atoms with Gasteiger partial charge in [0.15, 0.2) is 0 Å². The molecule has 156 valence electrons. The second-order valence-electron chi connectivity index (χ2n) is 7.76. The molecule has 3 rings (SSSR count). The summed E-state index contributed by atoms with van der Waals surface area (Å²) in [5.41, 5.74) is 2.00. The van der Waals surface area contributed by atoms with Gasteiger partial charge >= 0.3 is 0 Å². The number of hydrogen-bond acceptors (Lipinski definition) is 4. The Kier molecular flexibility index (Phi) is 7.05. The minimum Gasteiger partial charge on any atom is -0.326 e. The molecule has 6 nitrogen and oxygen atoms in total. The fraction of sp³-hybridized carbons (Fsp3) is 0.409. The zero-order chi connectivity index (χ0) is 20.9. The minimum absolute atomic E-state index is 0.0290. The number of benzene rings is 2. The molecule has 1 fully saturated rings. The molecule has 2 aromatic carbocycles. The lowest BCUT2D eigenvalue weighted by molar-refractivity contribution is -0.116. The van der Waals surface area contributed by atoms with E-state index in [0.29, 0.717) is 30.6 Å². The highest BCUT2D eigenvalue weighted by atomic mass is 32.2. The van der Waals surface area contributed by atoms with Gasteiger partial charge in [-0.3, -0.25) is 4.79 Å². The van der Waals surface area contributed by atoms with Crippen LogP contribution in [0.2, 0.25) is 0 Å². The maximum Gasteiger partial charge on any atom is 0.238 e. The van der Waals surface area contributed by atoms with E-state index in [2.05, 4.69) is 47.6 Å². The summed E-state index contributed by atoms with van der Waals surface area (Å²) in [5.74, 6) is 0.558. The normalized spacial score (nSPS) is 19.8. The minimum atomic E-state index is -3.72. The van der Waals surface area contributed by atoms with Crippen molar-refractivity contribution in [2.75, 3.05) is 18.9 Å². The molecule has 7 heteroatoms. The Balaban J connectivity index is 1.42. The molecule has 3 N–H and O–H groups in total. The van der Waals surface area contributed by atoms with Crippen LogP contribution in [0.1, 0.15) is 43.6 Å². The van der Waals surface area contributed by atoms with Gasteiger partial charge in [-0.25, -0.2) is 13.6 Å². The summed E-state index contributed by atoms with van der Waals surface area (Å²) in [6.45, 7) is 0.696. The number of nitrogens with one attached hydrogen (secondary N) is 1. The molecule has 1 aliphatic rings. The number of nitrogens with zero attached hydrogens (tertiary/aromatic N) is 1. The molecule has 0 radical (unpaired) electrons. The van der Waals surface area contributed by atoms with Crippen LogP contribution >= 0.6 is 0 Å². The van der Waals surface area contributed by atoms with Gasteiger partial charge in [0.2, 0.25) is 15.9 Å². The van der Waals surface area contributed by atoms with Crippen LogP contribution in [0.25, 0.3) is 0 Å². The molecule has 0 bridgehead atoms. The molecule has 1 amide bonds. The lowest BCUT2D eigenvalue weighted by atomic mass is 9.81. The predicted molar refractivity (Wildman–Crippen MR) is 115 cm³/mol. The van der Waals surface area contributed by atoms with Crippen LogP contribution in [-0.2, 0) is 14.8 Å². The molecule has 0 unspecified atom stereocenters. The molecular weight excluding hydrogens is 386 g/mol. The van der Waals surface area contributed by atoms with Crippen molar-refractivity contribution < 1.29 is 13.2 Å². The van der Waals surface area contributed by atoms with Crippen molar-refractivity contribution in [3.63, 3.8) is 0 Å². The average Bonchev–Trinajstić information content (AvgIpc) is 2.72. The number of carbonyl (C=O) groups is 1. The molecule has 29 heavy (non-hydrogen) atoms. The second kappa shape index (κ2) is 9.52. The van der Waals surface area contributed by atoms with Crippen LogP contribution in [-0.4, -0.2) is 38.9 Å². The topological polar surface area (TPSA) is 92.5 Å². The van der Waals surface area contributed by atoms with Gasteiger partial charge in [-0.1, -0.05) is 30.3 Å². The predicted octanol–water partition coefficient (Wildman–Crippen LogP) is 3.32. The molecule has 0 saturated heterocycles. The maximum absolute atomic E-state index is 12.2. The van der Waals surface area contributed by atoms with E-state index in [-0.39, 0.29) is 10.8 Å². The molecule has 0 spiro atoms. The average molecular weight is 416 g/mol. The van der Waals surface area contributed by atoms with Crippen LogP contribution in [0.4, 0.5) is 5.69 Å². The third-order valence-electron chi connectivity index (χ3n) is 5.75. The zero-order valence-electron chi connectivity index (χ0n) is 16.8. The van der Waals surface area contributed by atoms with Crippen molar-refractivity contribution in [2.24, 2.45) is 5.14 Å². The monoisotopic (exact) mass is 415 g/mol. The summed E-state index contributed by atoms with van der Waals surface area (Å²) < 4.78 is 22.6. The maximum atomic E-state index is 12.2. The fourth-order valence-corrected chi connectivity index (χ4v) is 4.50. The number of anilines is 1. The lowest BCUT2D eigenvalue weighted by Gasteiger charge is -2.34. The van der Waals surface area contributed by atoms with Crippen LogP contribution in [0.5, 0.6) is 0 Å². The van der Waals surface area contributed by atoms with Gasteiger partial charge < -0.3 is 10.2 Å². The lowest BCUT2D eigenvalue weighted by Crippen LogP contribution is -2.36. The largest absolute Gasteiger partial charge is 0.326 e. The van der Waals surface area contributed by atoms with Crippen molar-refractivity contribution in [3.05, 3.63) is 60.2 Å². The highest BCUT2D eigenvalue weighted by Gasteiger charge is 2.25. The van der Waals surface area contributed by atoms with Gasteiger partial charge in [0, 0.05) is 24.7 Å². The second-order valence-corrected chi connectivity index (χ2v) is 9.33. The zero-order valence-corrected chi connectivity index (χ0v) is 17.6. The summed E-state index contributed by atoms with van der Waals surface area (Å²) >= 11 is 0. The van der Waals surface area contributed by atoms with Gasteiger partial charge in [-0.15, -0.1) is 0 Å². The first kappa shape index (κ1) is 21.5. The van der Waals surface area contributed by atoms with Gasteiger partial charge in [-0.2, -0.15) is 0 Å². The van der Waals surface area contributed by atoms with E-state index in [1.54, 1.807) is 12.1 Å². The summed E-state index contributed by atoms with van der Waals surface area (Å²) in [6, 6.07) is 17.1. The van der Waals surface area contributed by atoms with Crippen molar-refractivity contribution in [2.45, 2.75) is 49.0 Å². The Hall–Kier alpha value is -2.22. The van der Waals surface area contributed by atoms with Crippen molar-refractivity contribution in [1.29, 1.82) is 0 Å². The van der Waals surface area contributed by atoms with Crippen LogP contribution in [0.3, 0.4) is 0 Å². The molecular formula is C22H29N3O3S. The Labute approximate surface area is 173 Å². The van der Waals surface area contributed by atoms with Crippen molar-refractivity contribution in [3.8, 4) is 0 Å². The first-order valence-corrected chi connectivity index (χ1v) is 11.6. The number of amides is 1. The fourth-order valence-electron chi connectivity index (χ4n) is 3.99. The Morgan fingerprint density at radius 1 is 1.03 bits per heavy atom. The van der Waals surface area contributed by atoms with E-state index in [0.717, 1.165) is 12.8 Å². The van der Waals surface area contributed by atoms with Gasteiger partial charge in [0.25, 0.3) is 0 Å². The van der Waals surface area contributed by atoms with E-state index in [9.17, 15) is 13.2 Å². The molecule has 0 heterocycles. The third-order valence-corrected chi connectivity index (χ3v) is 6.68. The Morgan fingerprint density at radius 3 is 2.24 bits per heavy atom. The van der Waals surface area contributed by atoms with Gasteiger partial charge in [-0.05, 0) is 68.5 Å². The van der Waals surface area contributed by atoms with E-state index in [1.165, 1.54) is 30.5 Å². The summed E-state index contributed by atoms with van der Waals surface area (Å²) in [7, 11) is -1.64. The van der Waals surface area contributed by atoms with E-state index >= 15 is 0 Å². The van der Waals surface area contributed by atoms with Gasteiger partial charge in [0.1, 0.15) is 0 Å². The van der Waals surface area contributed by atoms with Crippen LogP contribution in [0.15, 0.2) is 59.5 Å². The number of carbonyl (C=O) groups excluding carboxylic acids is 1. The number of nitrogens with two attached hydrogens (primary N) is 1. The number of primary sulfonamides is 1. The molecule has 2 aromatic rings. The highest BCUT2D eigenvalue weighted by Crippen LogP contribution is 2.34. The molecule has 0 atom stereocenters. The smallest absolute Gasteiger partial charge is 0.238 e. The standard InChI is InChI=1S/C22H29N3O3S/c1-25(20-11-7-18(8-12-20)17-5-3-2-4-6-17)16-15-22(26)24-19-9-13-21(14-10-19)29(23,27)28/h2-6,9-10,13-14,18,20H,7-8,11-12,15-16H2,1H3,(H,24,26)(H2,23,27,28). The Morgan fingerprint density at radius 2 is 1.66 bits per heavy atom. The molecule has 1 aliphatic carbocycles. The van der Waals surface area contributed by atoms with E-state index < -0.39 is 10.0 Å². The first-order chi connectivity index (χ1) is 13.8. The third kappa shape index (κ3) is 6.13. The summed E-state index contributed by atoms with van der Waals surface area (Å²) in [6.07, 6.45) is 5.05. The summed E-state index contributed by atoms with van der Waals surface area (Å²) in [4.78, 5) is 14.5. The van der Waals surface area contributed by atoms with Crippen LogP contribution in [0, 0.1) is 0 Å². The quantitative estimate of drug-likeness (QED) is 0.725. The Bertz CT molecular complexity index is 906. The number of rotatable bonds is 7. The number of hydrogen-bond donors (Lipinski definition) is 2. The molecule has 0 aromatic heterocycles. The number of sulfonamides is 1. The highest BCUT2D eigenvalue weighted by molar-refractivity contribution is 7.89. The van der Waals surface area contributed by atoms with Gasteiger partial charge in [0.05, 0.1) is 4.90 Å². The van der Waals surface area contributed by atoms with E-state index in [4.69, 9.17) is 5.14 Å². The van der Waals surface area contributed by atoms with Crippen molar-refractivity contribution >= 4 is 21.6 Å². The molecule has 0 aliphatic heterocycles. The SMILES string of the molecule is CN(CCC(=O)Nc1ccc(S(N)(=O)=O)cc1)C1CCC(c2ccccc2)CC1. The first-order valence-electron chi connectivity index (χ1n) is 10.0.